The zero-order chi connectivity index (χ0) is 16.8. The van der Waals surface area contributed by atoms with Crippen LogP contribution >= 0.6 is 0 Å². The SMILES string of the molecule is COc1ccc(-c2nnc(CC(=O)NC3CCCCCC3)o2)cc1. The summed E-state index contributed by atoms with van der Waals surface area (Å²) in [6, 6.07) is 7.64. The molecule has 0 atom stereocenters. The van der Waals surface area contributed by atoms with Crippen molar-refractivity contribution in [1.29, 1.82) is 0 Å². The number of ether oxygens (including phenoxy) is 1. The minimum atomic E-state index is -0.0492. The van der Waals surface area contributed by atoms with Gasteiger partial charge in [-0.2, -0.15) is 0 Å². The Morgan fingerprint density at radius 2 is 1.88 bits per heavy atom. The smallest absolute Gasteiger partial charge is 0.247 e. The summed E-state index contributed by atoms with van der Waals surface area (Å²) in [6.45, 7) is 0. The number of benzene rings is 1. The van der Waals surface area contributed by atoms with E-state index in [2.05, 4.69) is 15.5 Å². The zero-order valence-electron chi connectivity index (χ0n) is 14.0. The van der Waals surface area contributed by atoms with Gasteiger partial charge in [0.25, 0.3) is 0 Å². The fourth-order valence-corrected chi connectivity index (χ4v) is 3.02. The van der Waals surface area contributed by atoms with Crippen molar-refractivity contribution in [2.24, 2.45) is 0 Å². The van der Waals surface area contributed by atoms with E-state index in [1.165, 1.54) is 25.7 Å². The first kappa shape index (κ1) is 16.5. The van der Waals surface area contributed by atoms with Crippen molar-refractivity contribution in [3.63, 3.8) is 0 Å². The number of hydrogen-bond acceptors (Lipinski definition) is 5. The van der Waals surface area contributed by atoms with Crippen molar-refractivity contribution < 1.29 is 13.9 Å². The molecule has 1 amide bonds. The molecule has 1 aromatic carbocycles. The number of methoxy groups -OCH3 is 1. The third kappa shape index (κ3) is 4.34. The van der Waals surface area contributed by atoms with Crippen LogP contribution in [0.25, 0.3) is 11.5 Å². The van der Waals surface area contributed by atoms with Gasteiger partial charge in [0.05, 0.1) is 7.11 Å². The lowest BCUT2D eigenvalue weighted by atomic mass is 10.1. The maximum atomic E-state index is 12.2. The Morgan fingerprint density at radius 3 is 2.54 bits per heavy atom. The normalized spacial score (nSPS) is 15.7. The average Bonchev–Trinajstić information content (AvgIpc) is 2.90. The van der Waals surface area contributed by atoms with Crippen molar-refractivity contribution in [2.45, 2.75) is 51.0 Å². The molecule has 0 saturated heterocycles. The standard InChI is InChI=1S/C18H23N3O3/c1-23-15-10-8-13(9-11-15)18-21-20-17(24-18)12-16(22)19-14-6-4-2-3-5-7-14/h8-11,14H,2-7,12H2,1H3,(H,19,22). The van der Waals surface area contributed by atoms with Gasteiger partial charge >= 0.3 is 0 Å². The van der Waals surface area contributed by atoms with Crippen LogP contribution in [0.15, 0.2) is 28.7 Å². The van der Waals surface area contributed by atoms with Gasteiger partial charge in [0, 0.05) is 11.6 Å². The van der Waals surface area contributed by atoms with Gasteiger partial charge in [0.15, 0.2) is 0 Å². The van der Waals surface area contributed by atoms with Gasteiger partial charge in [-0.3, -0.25) is 4.79 Å². The third-order valence-corrected chi connectivity index (χ3v) is 4.34. The van der Waals surface area contributed by atoms with E-state index in [0.29, 0.717) is 11.8 Å². The van der Waals surface area contributed by atoms with Crippen LogP contribution in [-0.2, 0) is 11.2 Å². The molecule has 1 aliphatic carbocycles. The van der Waals surface area contributed by atoms with Gasteiger partial charge in [-0.15, -0.1) is 10.2 Å². The first-order valence-corrected chi connectivity index (χ1v) is 8.51. The Bertz CT molecular complexity index is 658. The molecular weight excluding hydrogens is 306 g/mol. The Morgan fingerprint density at radius 1 is 1.17 bits per heavy atom. The van der Waals surface area contributed by atoms with Crippen LogP contribution < -0.4 is 10.1 Å². The van der Waals surface area contributed by atoms with Gasteiger partial charge < -0.3 is 14.5 Å². The van der Waals surface area contributed by atoms with Gasteiger partial charge in [-0.1, -0.05) is 25.7 Å². The largest absolute Gasteiger partial charge is 0.497 e. The quantitative estimate of drug-likeness (QED) is 0.853. The van der Waals surface area contributed by atoms with Crippen molar-refractivity contribution in [3.8, 4) is 17.2 Å². The number of carbonyl (C=O) groups is 1. The van der Waals surface area contributed by atoms with Crippen molar-refractivity contribution >= 4 is 5.91 Å². The molecule has 0 unspecified atom stereocenters. The molecule has 1 aliphatic rings. The minimum Gasteiger partial charge on any atom is -0.497 e. The third-order valence-electron chi connectivity index (χ3n) is 4.34. The summed E-state index contributed by atoms with van der Waals surface area (Å²) < 4.78 is 10.7. The molecular formula is C18H23N3O3. The molecule has 128 valence electrons. The maximum Gasteiger partial charge on any atom is 0.247 e. The Labute approximate surface area is 141 Å². The summed E-state index contributed by atoms with van der Waals surface area (Å²) in [5.41, 5.74) is 0.804. The highest BCUT2D eigenvalue weighted by atomic mass is 16.5. The lowest BCUT2D eigenvalue weighted by molar-refractivity contribution is -0.121. The molecule has 0 bridgehead atoms. The summed E-state index contributed by atoms with van der Waals surface area (Å²) in [5, 5.41) is 11.1. The summed E-state index contributed by atoms with van der Waals surface area (Å²) in [7, 11) is 1.62. The molecule has 1 aromatic heterocycles. The van der Waals surface area contributed by atoms with E-state index in [1.54, 1.807) is 7.11 Å². The Hall–Kier alpha value is -2.37. The molecule has 0 radical (unpaired) electrons. The van der Waals surface area contributed by atoms with Crippen LogP contribution in [0, 0.1) is 0 Å². The van der Waals surface area contributed by atoms with Gasteiger partial charge in [-0.25, -0.2) is 0 Å². The van der Waals surface area contributed by atoms with Crippen molar-refractivity contribution in [2.75, 3.05) is 7.11 Å². The van der Waals surface area contributed by atoms with E-state index in [1.807, 2.05) is 24.3 Å². The van der Waals surface area contributed by atoms with Crippen LogP contribution in [0.4, 0.5) is 0 Å². The lowest BCUT2D eigenvalue weighted by Crippen LogP contribution is -2.35. The molecule has 1 N–H and O–H groups in total. The number of carbonyl (C=O) groups excluding carboxylic acids is 1. The Kier molecular flexibility index (Phi) is 5.46. The zero-order valence-corrected chi connectivity index (χ0v) is 14.0. The van der Waals surface area contributed by atoms with Crippen LogP contribution in [-0.4, -0.2) is 29.3 Å². The number of nitrogens with one attached hydrogen (secondary N) is 1. The summed E-state index contributed by atoms with van der Waals surface area (Å²) in [5.74, 6) is 1.47. The summed E-state index contributed by atoms with van der Waals surface area (Å²) in [4.78, 5) is 12.2. The van der Waals surface area contributed by atoms with Crippen LogP contribution in [0.5, 0.6) is 5.75 Å². The summed E-state index contributed by atoms with van der Waals surface area (Å²) >= 11 is 0. The number of aromatic nitrogens is 2. The van der Waals surface area contributed by atoms with E-state index in [9.17, 15) is 4.79 Å². The second-order valence-electron chi connectivity index (χ2n) is 6.16. The van der Waals surface area contributed by atoms with E-state index in [-0.39, 0.29) is 18.4 Å². The van der Waals surface area contributed by atoms with Gasteiger partial charge in [-0.05, 0) is 37.1 Å². The molecule has 3 rings (SSSR count). The molecule has 1 heterocycles. The average molecular weight is 329 g/mol. The highest BCUT2D eigenvalue weighted by molar-refractivity contribution is 5.77. The Balaban J connectivity index is 1.57. The number of rotatable bonds is 5. The molecule has 6 nitrogen and oxygen atoms in total. The molecule has 2 aromatic rings. The molecule has 0 spiro atoms. The second kappa shape index (κ2) is 7.95. The van der Waals surface area contributed by atoms with Crippen LogP contribution in [0.3, 0.4) is 0 Å². The molecule has 1 fully saturated rings. The monoisotopic (exact) mass is 329 g/mol. The predicted molar refractivity (Wildman–Crippen MR) is 89.6 cm³/mol. The van der Waals surface area contributed by atoms with E-state index < -0.39 is 0 Å². The first-order valence-electron chi connectivity index (χ1n) is 8.51. The van der Waals surface area contributed by atoms with E-state index in [4.69, 9.17) is 9.15 Å². The fraction of sp³-hybridized carbons (Fsp3) is 0.500. The van der Waals surface area contributed by atoms with E-state index in [0.717, 1.165) is 24.2 Å². The molecule has 1 saturated carbocycles. The number of amides is 1. The van der Waals surface area contributed by atoms with E-state index >= 15 is 0 Å². The first-order chi connectivity index (χ1) is 11.7. The highest BCUT2D eigenvalue weighted by Gasteiger charge is 2.17. The number of hydrogen-bond donors (Lipinski definition) is 1. The highest BCUT2D eigenvalue weighted by Crippen LogP contribution is 2.21. The molecule has 24 heavy (non-hydrogen) atoms. The van der Waals surface area contributed by atoms with Crippen LogP contribution in [0.1, 0.15) is 44.4 Å². The predicted octanol–water partition coefficient (Wildman–Crippen LogP) is 3.13. The van der Waals surface area contributed by atoms with Crippen LogP contribution in [0.2, 0.25) is 0 Å². The topological polar surface area (TPSA) is 77.2 Å². The fourth-order valence-electron chi connectivity index (χ4n) is 3.02. The van der Waals surface area contributed by atoms with Gasteiger partial charge in [0.1, 0.15) is 12.2 Å². The molecule has 0 aliphatic heterocycles. The minimum absolute atomic E-state index is 0.0492. The van der Waals surface area contributed by atoms with Crippen molar-refractivity contribution in [3.05, 3.63) is 30.2 Å². The summed E-state index contributed by atoms with van der Waals surface area (Å²) in [6.07, 6.45) is 7.15. The lowest BCUT2D eigenvalue weighted by Gasteiger charge is -2.15. The number of nitrogens with zero attached hydrogens (tertiary/aromatic N) is 2. The maximum absolute atomic E-state index is 12.2. The molecule has 6 heteroatoms. The van der Waals surface area contributed by atoms with Crippen molar-refractivity contribution in [1.82, 2.24) is 15.5 Å². The van der Waals surface area contributed by atoms with Gasteiger partial charge in [0.2, 0.25) is 17.7 Å². The second-order valence-corrected chi connectivity index (χ2v) is 6.16.